The van der Waals surface area contributed by atoms with Gasteiger partial charge in [-0.25, -0.2) is 13.6 Å². The molecule has 1 aromatic rings. The van der Waals surface area contributed by atoms with Crippen LogP contribution in [0.3, 0.4) is 0 Å². The SMILES string of the molecule is COC(=O)/C(=C\Nc1ccc(F)c(F)c1)C(F)(F)F. The predicted octanol–water partition coefficient (Wildman–Crippen LogP) is 3.00. The van der Waals surface area contributed by atoms with Crippen LogP contribution in [0.2, 0.25) is 0 Å². The lowest BCUT2D eigenvalue weighted by Crippen LogP contribution is -2.22. The molecule has 0 radical (unpaired) electrons. The Labute approximate surface area is 104 Å². The molecule has 0 aliphatic carbocycles. The number of carbonyl (C=O) groups is 1. The van der Waals surface area contributed by atoms with Crippen molar-refractivity contribution in [3.63, 3.8) is 0 Å². The van der Waals surface area contributed by atoms with Crippen LogP contribution < -0.4 is 5.32 Å². The van der Waals surface area contributed by atoms with Gasteiger partial charge in [-0.1, -0.05) is 0 Å². The fraction of sp³-hybridized carbons (Fsp3) is 0.182. The van der Waals surface area contributed by atoms with E-state index in [0.717, 1.165) is 19.2 Å². The Balaban J connectivity index is 2.98. The van der Waals surface area contributed by atoms with E-state index >= 15 is 0 Å². The van der Waals surface area contributed by atoms with Crippen LogP contribution in [0.5, 0.6) is 0 Å². The van der Waals surface area contributed by atoms with Gasteiger partial charge in [-0.3, -0.25) is 0 Å². The van der Waals surface area contributed by atoms with Gasteiger partial charge < -0.3 is 10.1 Å². The van der Waals surface area contributed by atoms with Crippen molar-refractivity contribution in [3.8, 4) is 0 Å². The lowest BCUT2D eigenvalue weighted by molar-refractivity contribution is -0.148. The Morgan fingerprint density at radius 1 is 1.26 bits per heavy atom. The van der Waals surface area contributed by atoms with Gasteiger partial charge in [0.15, 0.2) is 17.2 Å². The molecule has 1 N–H and O–H groups in total. The molecule has 104 valence electrons. The number of nitrogens with one attached hydrogen (secondary N) is 1. The lowest BCUT2D eigenvalue weighted by Gasteiger charge is -2.10. The smallest absolute Gasteiger partial charge is 0.424 e. The molecule has 0 spiro atoms. The molecule has 8 heteroatoms. The maximum Gasteiger partial charge on any atom is 0.424 e. The summed E-state index contributed by atoms with van der Waals surface area (Å²) >= 11 is 0. The van der Waals surface area contributed by atoms with Gasteiger partial charge in [-0.05, 0) is 12.1 Å². The van der Waals surface area contributed by atoms with Gasteiger partial charge >= 0.3 is 12.1 Å². The molecular weight excluding hydrogens is 273 g/mol. The van der Waals surface area contributed by atoms with Crippen LogP contribution in [0.15, 0.2) is 30.0 Å². The molecule has 0 fully saturated rings. The monoisotopic (exact) mass is 281 g/mol. The van der Waals surface area contributed by atoms with E-state index in [1.165, 1.54) is 0 Å². The summed E-state index contributed by atoms with van der Waals surface area (Å²) in [4.78, 5) is 10.9. The average molecular weight is 281 g/mol. The number of ether oxygens (including phenoxy) is 1. The number of hydrogen-bond acceptors (Lipinski definition) is 3. The Morgan fingerprint density at radius 2 is 1.89 bits per heavy atom. The van der Waals surface area contributed by atoms with Crippen molar-refractivity contribution >= 4 is 11.7 Å². The second-order valence-corrected chi connectivity index (χ2v) is 3.32. The van der Waals surface area contributed by atoms with Crippen molar-refractivity contribution in [2.75, 3.05) is 12.4 Å². The molecule has 0 aliphatic heterocycles. The molecule has 0 amide bonds. The third kappa shape index (κ3) is 3.94. The van der Waals surface area contributed by atoms with Gasteiger partial charge in [0, 0.05) is 18.0 Å². The summed E-state index contributed by atoms with van der Waals surface area (Å²) in [5.41, 5.74) is -1.75. The molecule has 0 bridgehead atoms. The van der Waals surface area contributed by atoms with Crippen molar-refractivity contribution in [2.24, 2.45) is 0 Å². The summed E-state index contributed by atoms with van der Waals surface area (Å²) in [6.07, 6.45) is -4.61. The number of carbonyl (C=O) groups excluding carboxylic acids is 1. The van der Waals surface area contributed by atoms with E-state index in [0.29, 0.717) is 12.3 Å². The number of esters is 1. The number of rotatable bonds is 3. The molecule has 3 nitrogen and oxygen atoms in total. The third-order valence-corrected chi connectivity index (χ3v) is 2.01. The maximum atomic E-state index is 12.8. The minimum absolute atomic E-state index is 0.149. The van der Waals surface area contributed by atoms with Gasteiger partial charge in [-0.15, -0.1) is 0 Å². The number of benzene rings is 1. The summed E-state index contributed by atoms with van der Waals surface area (Å²) in [6.45, 7) is 0. The number of methoxy groups -OCH3 is 1. The van der Waals surface area contributed by atoms with E-state index in [1.807, 2.05) is 5.32 Å². The molecule has 1 aromatic carbocycles. The molecule has 1 rings (SSSR count). The van der Waals surface area contributed by atoms with Crippen LogP contribution in [-0.2, 0) is 9.53 Å². The van der Waals surface area contributed by atoms with Crippen LogP contribution in [0, 0.1) is 11.6 Å². The first-order valence-electron chi connectivity index (χ1n) is 4.83. The van der Waals surface area contributed by atoms with E-state index in [2.05, 4.69) is 4.74 Å². The predicted molar refractivity (Wildman–Crippen MR) is 56.1 cm³/mol. The van der Waals surface area contributed by atoms with Crippen molar-refractivity contribution in [1.82, 2.24) is 0 Å². The largest absolute Gasteiger partial charge is 0.465 e. The Hall–Kier alpha value is -2.12. The minimum Gasteiger partial charge on any atom is -0.465 e. The highest BCUT2D eigenvalue weighted by Crippen LogP contribution is 2.26. The third-order valence-electron chi connectivity index (χ3n) is 2.01. The molecule has 0 saturated heterocycles. The summed E-state index contributed by atoms with van der Waals surface area (Å²) in [6, 6.07) is 2.40. The van der Waals surface area contributed by atoms with Crippen LogP contribution in [0.25, 0.3) is 0 Å². The molecule has 19 heavy (non-hydrogen) atoms. The highest BCUT2D eigenvalue weighted by Gasteiger charge is 2.39. The molecule has 0 atom stereocenters. The summed E-state index contributed by atoms with van der Waals surface area (Å²) < 4.78 is 66.8. The first-order chi connectivity index (χ1) is 8.75. The molecule has 0 aromatic heterocycles. The van der Waals surface area contributed by atoms with E-state index in [4.69, 9.17) is 0 Å². The van der Waals surface area contributed by atoms with Gasteiger partial charge in [-0.2, -0.15) is 13.2 Å². The first kappa shape index (κ1) is 14.9. The van der Waals surface area contributed by atoms with Crippen LogP contribution in [0.1, 0.15) is 0 Å². The van der Waals surface area contributed by atoms with E-state index in [1.54, 1.807) is 0 Å². The zero-order valence-electron chi connectivity index (χ0n) is 9.52. The standard InChI is InChI=1S/C11H8F5NO2/c1-19-10(18)7(11(14,15)16)5-17-6-2-3-8(12)9(13)4-6/h2-5,17H,1H3/b7-5+. The first-order valence-corrected chi connectivity index (χ1v) is 4.83. The fourth-order valence-electron chi connectivity index (χ4n) is 1.11. The normalized spacial score (nSPS) is 12.2. The Bertz CT molecular complexity index is 510. The van der Waals surface area contributed by atoms with Crippen molar-refractivity contribution in [3.05, 3.63) is 41.6 Å². The van der Waals surface area contributed by atoms with Crippen LogP contribution in [-0.4, -0.2) is 19.3 Å². The molecule has 0 aliphatic rings. The summed E-state index contributed by atoms with van der Waals surface area (Å²) in [5, 5.41) is 2.05. The zero-order chi connectivity index (χ0) is 14.6. The molecule has 0 unspecified atom stereocenters. The second-order valence-electron chi connectivity index (χ2n) is 3.32. The van der Waals surface area contributed by atoms with Crippen molar-refractivity contribution in [2.45, 2.75) is 6.18 Å². The van der Waals surface area contributed by atoms with E-state index in [-0.39, 0.29) is 5.69 Å². The van der Waals surface area contributed by atoms with Crippen molar-refractivity contribution < 1.29 is 31.5 Å². The Kier molecular flexibility index (Phi) is 4.47. The van der Waals surface area contributed by atoms with Gasteiger partial charge in [0.05, 0.1) is 7.11 Å². The van der Waals surface area contributed by atoms with Crippen molar-refractivity contribution in [1.29, 1.82) is 0 Å². The maximum absolute atomic E-state index is 12.8. The zero-order valence-corrected chi connectivity index (χ0v) is 9.52. The highest BCUT2D eigenvalue weighted by molar-refractivity contribution is 5.90. The minimum atomic E-state index is -4.93. The van der Waals surface area contributed by atoms with Gasteiger partial charge in [0.25, 0.3) is 0 Å². The number of halogens is 5. The topological polar surface area (TPSA) is 38.3 Å². The molecular formula is C11H8F5NO2. The van der Waals surface area contributed by atoms with E-state index in [9.17, 15) is 26.7 Å². The van der Waals surface area contributed by atoms with Crippen LogP contribution in [0.4, 0.5) is 27.6 Å². The summed E-state index contributed by atoms with van der Waals surface area (Å²) in [5.74, 6) is -3.97. The van der Waals surface area contributed by atoms with Gasteiger partial charge in [0.1, 0.15) is 0 Å². The molecule has 0 saturated carbocycles. The average Bonchev–Trinajstić information content (AvgIpc) is 2.31. The Morgan fingerprint density at radius 3 is 2.37 bits per heavy atom. The highest BCUT2D eigenvalue weighted by atomic mass is 19.4. The molecule has 0 heterocycles. The summed E-state index contributed by atoms with van der Waals surface area (Å²) in [7, 11) is 0.791. The second kappa shape index (κ2) is 5.68. The number of alkyl halides is 3. The fourth-order valence-corrected chi connectivity index (χ4v) is 1.11. The van der Waals surface area contributed by atoms with Crippen LogP contribution >= 0.6 is 0 Å². The quantitative estimate of drug-likeness (QED) is 0.526. The number of anilines is 1. The number of hydrogen-bond donors (Lipinski definition) is 1. The van der Waals surface area contributed by atoms with E-state index < -0.39 is 29.4 Å². The lowest BCUT2D eigenvalue weighted by atomic mass is 10.2. The van der Waals surface area contributed by atoms with Gasteiger partial charge in [0.2, 0.25) is 0 Å².